The molecule has 0 radical (unpaired) electrons. The summed E-state index contributed by atoms with van der Waals surface area (Å²) in [6.07, 6.45) is 1.60. The van der Waals surface area contributed by atoms with Crippen LogP contribution in [0.25, 0.3) is 0 Å². The third kappa shape index (κ3) is 7.05. The van der Waals surface area contributed by atoms with Gasteiger partial charge in [-0.25, -0.2) is 0 Å². The highest BCUT2D eigenvalue weighted by Gasteiger charge is 2.12. The summed E-state index contributed by atoms with van der Waals surface area (Å²) < 4.78 is 4.69. The number of carboxylic acids is 1. The summed E-state index contributed by atoms with van der Waals surface area (Å²) in [5.41, 5.74) is 0. The van der Waals surface area contributed by atoms with Gasteiger partial charge in [0.15, 0.2) is 0 Å². The molecule has 0 aromatic heterocycles. The van der Waals surface area contributed by atoms with E-state index in [9.17, 15) is 9.59 Å². The monoisotopic (exact) mass is 186 g/mol. The van der Waals surface area contributed by atoms with Crippen molar-refractivity contribution in [2.45, 2.75) is 19.8 Å². The first-order valence-electron chi connectivity index (χ1n) is 4.04. The highest BCUT2D eigenvalue weighted by Crippen LogP contribution is 2.08. The lowest BCUT2D eigenvalue weighted by Gasteiger charge is -2.06. The number of hydrogen-bond donors (Lipinski definition) is 1. The molecule has 0 amide bonds. The molecule has 0 aromatic rings. The lowest BCUT2D eigenvalue weighted by Crippen LogP contribution is -2.12. The quantitative estimate of drug-likeness (QED) is 0.500. The van der Waals surface area contributed by atoms with E-state index in [0.29, 0.717) is 0 Å². The highest BCUT2D eigenvalue weighted by atomic mass is 16.5. The molecule has 13 heavy (non-hydrogen) atoms. The molecule has 0 heterocycles. The van der Waals surface area contributed by atoms with Gasteiger partial charge in [-0.1, -0.05) is 19.6 Å². The largest absolute Gasteiger partial charge is 0.481 e. The van der Waals surface area contributed by atoms with E-state index in [2.05, 4.69) is 6.58 Å². The maximum absolute atomic E-state index is 10.9. The van der Waals surface area contributed by atoms with E-state index in [1.165, 1.54) is 6.08 Å². The normalized spacial score (nSPS) is 11.8. The first kappa shape index (κ1) is 11.7. The molecular formula is C9H14O4. The van der Waals surface area contributed by atoms with Crippen LogP contribution in [0.15, 0.2) is 12.7 Å². The Bertz CT molecular complexity index is 198. The van der Waals surface area contributed by atoms with Gasteiger partial charge in [-0.3, -0.25) is 9.59 Å². The maximum Gasteiger partial charge on any atom is 0.306 e. The van der Waals surface area contributed by atoms with Gasteiger partial charge in [0.1, 0.15) is 6.61 Å². The molecule has 4 nitrogen and oxygen atoms in total. The summed E-state index contributed by atoms with van der Waals surface area (Å²) in [4.78, 5) is 21.2. The fourth-order valence-electron chi connectivity index (χ4n) is 0.866. The lowest BCUT2D eigenvalue weighted by atomic mass is 10.0. The van der Waals surface area contributed by atoms with Crippen LogP contribution in [0.1, 0.15) is 19.8 Å². The standard InChI is InChI=1S/C9H14O4/c1-3-4-13-9(12)6-7(2)5-8(10)11/h3,7H,1,4-6H2,2H3,(H,10,11)/t7-/m0/s1. The Hall–Kier alpha value is -1.32. The number of hydrogen-bond acceptors (Lipinski definition) is 3. The molecular weight excluding hydrogens is 172 g/mol. The van der Waals surface area contributed by atoms with Crippen molar-refractivity contribution in [1.82, 2.24) is 0 Å². The predicted molar refractivity (Wildman–Crippen MR) is 47.2 cm³/mol. The van der Waals surface area contributed by atoms with E-state index in [4.69, 9.17) is 9.84 Å². The van der Waals surface area contributed by atoms with Crippen molar-refractivity contribution in [3.63, 3.8) is 0 Å². The van der Waals surface area contributed by atoms with Crippen LogP contribution in [0.4, 0.5) is 0 Å². The number of carboxylic acid groups (broad SMARTS) is 1. The van der Waals surface area contributed by atoms with Gasteiger partial charge in [0.2, 0.25) is 0 Å². The van der Waals surface area contributed by atoms with Gasteiger partial charge in [0.05, 0.1) is 0 Å². The first-order chi connectivity index (χ1) is 6.06. The van der Waals surface area contributed by atoms with Crippen LogP contribution >= 0.6 is 0 Å². The minimum Gasteiger partial charge on any atom is -0.481 e. The van der Waals surface area contributed by atoms with E-state index < -0.39 is 5.97 Å². The Morgan fingerprint density at radius 3 is 2.62 bits per heavy atom. The molecule has 0 aromatic carbocycles. The SMILES string of the molecule is C=CCOC(=O)C[C@@H](C)CC(=O)O. The second kappa shape index (κ2) is 6.22. The van der Waals surface area contributed by atoms with Crippen LogP contribution in [0.3, 0.4) is 0 Å². The van der Waals surface area contributed by atoms with Gasteiger partial charge in [0, 0.05) is 12.8 Å². The Morgan fingerprint density at radius 1 is 1.54 bits per heavy atom. The Morgan fingerprint density at radius 2 is 2.15 bits per heavy atom. The second-order valence-electron chi connectivity index (χ2n) is 2.88. The average molecular weight is 186 g/mol. The molecule has 0 spiro atoms. The van der Waals surface area contributed by atoms with Crippen molar-refractivity contribution < 1.29 is 19.4 Å². The van der Waals surface area contributed by atoms with Gasteiger partial charge < -0.3 is 9.84 Å². The molecule has 0 aliphatic heterocycles. The molecule has 0 unspecified atom stereocenters. The molecule has 0 bridgehead atoms. The van der Waals surface area contributed by atoms with Gasteiger partial charge in [-0.05, 0) is 5.92 Å². The number of ether oxygens (including phenoxy) is 1. The van der Waals surface area contributed by atoms with E-state index in [1.807, 2.05) is 0 Å². The summed E-state index contributed by atoms with van der Waals surface area (Å²) >= 11 is 0. The summed E-state index contributed by atoms with van der Waals surface area (Å²) in [6, 6.07) is 0. The van der Waals surface area contributed by atoms with Crippen molar-refractivity contribution in [2.75, 3.05) is 6.61 Å². The molecule has 0 saturated carbocycles. The smallest absolute Gasteiger partial charge is 0.306 e. The topological polar surface area (TPSA) is 63.6 Å². The molecule has 4 heteroatoms. The molecule has 0 fully saturated rings. The first-order valence-corrected chi connectivity index (χ1v) is 4.04. The highest BCUT2D eigenvalue weighted by molar-refractivity contribution is 5.72. The summed E-state index contributed by atoms with van der Waals surface area (Å²) in [6.45, 7) is 5.27. The van der Waals surface area contributed by atoms with Crippen molar-refractivity contribution >= 4 is 11.9 Å². The van der Waals surface area contributed by atoms with Crippen LogP contribution in [-0.4, -0.2) is 23.7 Å². The van der Waals surface area contributed by atoms with Crippen molar-refractivity contribution in [1.29, 1.82) is 0 Å². The maximum atomic E-state index is 10.9. The van der Waals surface area contributed by atoms with E-state index in [1.54, 1.807) is 6.92 Å². The number of esters is 1. The summed E-state index contributed by atoms with van der Waals surface area (Å²) in [5.74, 6) is -1.47. The van der Waals surface area contributed by atoms with Crippen LogP contribution in [0.2, 0.25) is 0 Å². The number of carbonyl (C=O) groups is 2. The molecule has 0 saturated heterocycles. The van der Waals surface area contributed by atoms with Gasteiger partial charge in [-0.15, -0.1) is 0 Å². The molecule has 0 aliphatic carbocycles. The van der Waals surface area contributed by atoms with Crippen LogP contribution in [0.5, 0.6) is 0 Å². The number of rotatable bonds is 6. The second-order valence-corrected chi connectivity index (χ2v) is 2.88. The zero-order valence-corrected chi connectivity index (χ0v) is 7.66. The lowest BCUT2D eigenvalue weighted by molar-refractivity contribution is -0.144. The Labute approximate surface area is 77.2 Å². The fraction of sp³-hybridized carbons (Fsp3) is 0.556. The van der Waals surface area contributed by atoms with Crippen LogP contribution < -0.4 is 0 Å². The number of carbonyl (C=O) groups excluding carboxylic acids is 1. The third-order valence-corrected chi connectivity index (χ3v) is 1.40. The van der Waals surface area contributed by atoms with Crippen molar-refractivity contribution in [3.05, 3.63) is 12.7 Å². The molecule has 74 valence electrons. The molecule has 0 aliphatic rings. The number of aliphatic carboxylic acids is 1. The predicted octanol–water partition coefficient (Wildman–Crippen LogP) is 1.22. The van der Waals surface area contributed by atoms with Gasteiger partial charge >= 0.3 is 11.9 Å². The van der Waals surface area contributed by atoms with Crippen molar-refractivity contribution in [2.24, 2.45) is 5.92 Å². The minimum absolute atomic E-state index is 0.0107. The van der Waals surface area contributed by atoms with Crippen molar-refractivity contribution in [3.8, 4) is 0 Å². The Kier molecular flexibility index (Phi) is 5.59. The Balaban J connectivity index is 3.64. The third-order valence-electron chi connectivity index (χ3n) is 1.40. The summed E-state index contributed by atoms with van der Waals surface area (Å²) in [5, 5.41) is 8.40. The van der Waals surface area contributed by atoms with Gasteiger partial charge in [0.25, 0.3) is 0 Å². The van der Waals surface area contributed by atoms with E-state index in [-0.39, 0.29) is 31.3 Å². The molecule has 1 N–H and O–H groups in total. The zero-order valence-electron chi connectivity index (χ0n) is 7.66. The van der Waals surface area contributed by atoms with E-state index in [0.717, 1.165) is 0 Å². The van der Waals surface area contributed by atoms with Crippen LogP contribution in [0, 0.1) is 5.92 Å². The van der Waals surface area contributed by atoms with E-state index >= 15 is 0 Å². The van der Waals surface area contributed by atoms with Crippen LogP contribution in [-0.2, 0) is 14.3 Å². The minimum atomic E-state index is -0.899. The molecule has 0 rings (SSSR count). The summed E-state index contributed by atoms with van der Waals surface area (Å²) in [7, 11) is 0. The van der Waals surface area contributed by atoms with Gasteiger partial charge in [-0.2, -0.15) is 0 Å². The molecule has 1 atom stereocenters. The average Bonchev–Trinajstić information content (AvgIpc) is 1.98. The fourth-order valence-corrected chi connectivity index (χ4v) is 0.866. The zero-order chi connectivity index (χ0) is 10.3.